The first kappa shape index (κ1) is 19.2. The van der Waals surface area contributed by atoms with Gasteiger partial charge in [-0.05, 0) is 19.3 Å². The van der Waals surface area contributed by atoms with Crippen LogP contribution in [-0.2, 0) is 33.3 Å². The van der Waals surface area contributed by atoms with Crippen molar-refractivity contribution in [2.45, 2.75) is 26.4 Å². The second-order valence-electron chi connectivity index (χ2n) is 6.36. The van der Waals surface area contributed by atoms with Crippen LogP contribution in [0.3, 0.4) is 0 Å². The molecule has 138 valence electrons. The number of carbonyl (C=O) groups is 3. The molecule has 0 bridgehead atoms. The molecule has 2 aliphatic rings. The van der Waals surface area contributed by atoms with Crippen molar-refractivity contribution in [2.75, 3.05) is 26.4 Å². The van der Waals surface area contributed by atoms with Gasteiger partial charge in [-0.2, -0.15) is 0 Å². The van der Waals surface area contributed by atoms with Crippen LogP contribution in [0, 0.1) is 17.8 Å². The smallest absolute Gasteiger partial charge is 0.333 e. The predicted octanol–water partition coefficient (Wildman–Crippen LogP) is 1.42. The minimum Gasteiger partial charge on any atom is -0.463 e. The lowest BCUT2D eigenvalue weighted by atomic mass is 9.76. The molecule has 1 aliphatic heterocycles. The van der Waals surface area contributed by atoms with E-state index in [4.69, 9.17) is 18.9 Å². The van der Waals surface area contributed by atoms with Crippen molar-refractivity contribution in [3.8, 4) is 0 Å². The molecule has 4 atom stereocenters. The molecule has 0 aromatic heterocycles. The summed E-state index contributed by atoms with van der Waals surface area (Å²) in [5.41, 5.74) is 0.276. The van der Waals surface area contributed by atoms with Crippen molar-refractivity contribution in [3.05, 3.63) is 24.3 Å². The Labute approximate surface area is 146 Å². The van der Waals surface area contributed by atoms with E-state index < -0.39 is 29.7 Å². The Kier molecular flexibility index (Phi) is 6.75. The van der Waals surface area contributed by atoms with Gasteiger partial charge in [0.15, 0.2) is 0 Å². The fraction of sp³-hybridized carbons (Fsp3) is 0.611. The normalized spacial score (nSPS) is 27.3. The average Bonchev–Trinajstić information content (AvgIpc) is 3.40. The number of epoxide rings is 1. The van der Waals surface area contributed by atoms with Crippen LogP contribution in [0.1, 0.15) is 20.3 Å². The van der Waals surface area contributed by atoms with Gasteiger partial charge in [0, 0.05) is 5.57 Å². The van der Waals surface area contributed by atoms with E-state index in [-0.39, 0.29) is 37.4 Å². The lowest BCUT2D eigenvalue weighted by molar-refractivity contribution is -0.163. The number of allylic oxidation sites excluding steroid dienone is 1. The van der Waals surface area contributed by atoms with Crippen LogP contribution in [-0.4, -0.2) is 50.4 Å². The molecule has 1 saturated heterocycles. The number of ether oxygens (including phenoxy) is 4. The first-order valence-corrected chi connectivity index (χ1v) is 8.34. The van der Waals surface area contributed by atoms with E-state index in [9.17, 15) is 14.4 Å². The molecule has 1 fully saturated rings. The Bertz CT molecular complexity index is 562. The highest BCUT2D eigenvalue weighted by Gasteiger charge is 2.40. The van der Waals surface area contributed by atoms with E-state index in [1.165, 1.54) is 6.92 Å². The second-order valence-corrected chi connectivity index (χ2v) is 6.36. The van der Waals surface area contributed by atoms with Crippen LogP contribution in [0.15, 0.2) is 24.3 Å². The van der Waals surface area contributed by atoms with E-state index in [1.54, 1.807) is 6.08 Å². The summed E-state index contributed by atoms with van der Waals surface area (Å²) >= 11 is 0. The molecule has 25 heavy (non-hydrogen) atoms. The number of esters is 3. The van der Waals surface area contributed by atoms with Crippen LogP contribution in [0.25, 0.3) is 0 Å². The van der Waals surface area contributed by atoms with Gasteiger partial charge in [0.25, 0.3) is 0 Å². The summed E-state index contributed by atoms with van der Waals surface area (Å²) in [7, 11) is 0. The summed E-state index contributed by atoms with van der Waals surface area (Å²) in [4.78, 5) is 35.9. The molecular weight excluding hydrogens is 328 g/mol. The molecule has 2 rings (SSSR count). The van der Waals surface area contributed by atoms with Gasteiger partial charge < -0.3 is 18.9 Å². The second kappa shape index (κ2) is 8.80. The molecule has 7 nitrogen and oxygen atoms in total. The fourth-order valence-corrected chi connectivity index (χ4v) is 2.60. The third-order valence-electron chi connectivity index (χ3n) is 4.12. The SMILES string of the molecule is C=C(C)C(=O)OCCOC(=O)C1C=CCC(C)C1C(=O)OCC1CO1. The Hall–Kier alpha value is -2.15. The van der Waals surface area contributed by atoms with Gasteiger partial charge in [-0.25, -0.2) is 4.79 Å². The third-order valence-corrected chi connectivity index (χ3v) is 4.12. The number of hydrogen-bond acceptors (Lipinski definition) is 7. The van der Waals surface area contributed by atoms with Gasteiger partial charge in [-0.15, -0.1) is 0 Å². The zero-order chi connectivity index (χ0) is 18.4. The maximum absolute atomic E-state index is 12.4. The maximum atomic E-state index is 12.4. The lowest BCUT2D eigenvalue weighted by Crippen LogP contribution is -2.38. The standard InChI is InChI=1S/C18H24O7/c1-11(2)16(19)22-7-8-23-17(20)14-6-4-5-12(3)15(14)18(21)25-10-13-9-24-13/h4,6,12-15H,1,5,7-10H2,2-3H3. The van der Waals surface area contributed by atoms with E-state index in [0.29, 0.717) is 13.0 Å². The van der Waals surface area contributed by atoms with Gasteiger partial charge in [-0.3, -0.25) is 9.59 Å². The van der Waals surface area contributed by atoms with Gasteiger partial charge in [0.05, 0.1) is 18.4 Å². The van der Waals surface area contributed by atoms with Crippen molar-refractivity contribution in [1.82, 2.24) is 0 Å². The summed E-state index contributed by atoms with van der Waals surface area (Å²) in [6.45, 7) is 7.57. The highest BCUT2D eigenvalue weighted by atomic mass is 16.6. The Balaban J connectivity index is 1.84. The quantitative estimate of drug-likeness (QED) is 0.163. The predicted molar refractivity (Wildman–Crippen MR) is 87.3 cm³/mol. The fourth-order valence-electron chi connectivity index (χ4n) is 2.60. The molecule has 7 heteroatoms. The van der Waals surface area contributed by atoms with Gasteiger partial charge in [0.2, 0.25) is 0 Å². The maximum Gasteiger partial charge on any atom is 0.333 e. The van der Waals surface area contributed by atoms with E-state index in [2.05, 4.69) is 6.58 Å². The minimum absolute atomic E-state index is 0.0215. The molecule has 1 heterocycles. The van der Waals surface area contributed by atoms with Crippen molar-refractivity contribution < 1.29 is 33.3 Å². The van der Waals surface area contributed by atoms with Gasteiger partial charge in [-0.1, -0.05) is 25.7 Å². The molecular formula is C18H24O7. The number of hydrogen-bond donors (Lipinski definition) is 0. The van der Waals surface area contributed by atoms with Crippen molar-refractivity contribution >= 4 is 17.9 Å². The molecule has 4 unspecified atom stereocenters. The molecule has 0 spiro atoms. The molecule has 0 saturated carbocycles. The Morgan fingerprint density at radius 2 is 1.84 bits per heavy atom. The van der Waals surface area contributed by atoms with Crippen molar-refractivity contribution in [2.24, 2.45) is 17.8 Å². The Morgan fingerprint density at radius 1 is 1.16 bits per heavy atom. The highest BCUT2D eigenvalue weighted by Crippen LogP contribution is 2.32. The van der Waals surface area contributed by atoms with Gasteiger partial charge >= 0.3 is 17.9 Å². The molecule has 1 aliphatic carbocycles. The Morgan fingerprint density at radius 3 is 2.48 bits per heavy atom. The largest absolute Gasteiger partial charge is 0.463 e. The number of rotatable bonds is 8. The van der Waals surface area contributed by atoms with Crippen LogP contribution in [0.2, 0.25) is 0 Å². The van der Waals surface area contributed by atoms with Crippen LogP contribution in [0.4, 0.5) is 0 Å². The molecule has 0 N–H and O–H groups in total. The van der Waals surface area contributed by atoms with Gasteiger partial charge in [0.1, 0.15) is 25.9 Å². The van der Waals surface area contributed by atoms with E-state index in [0.717, 1.165) is 0 Å². The number of carbonyl (C=O) groups excluding carboxylic acids is 3. The first-order chi connectivity index (χ1) is 11.9. The molecule has 0 aromatic rings. The van der Waals surface area contributed by atoms with Crippen LogP contribution >= 0.6 is 0 Å². The van der Waals surface area contributed by atoms with Crippen LogP contribution < -0.4 is 0 Å². The third kappa shape index (κ3) is 5.70. The molecule has 0 amide bonds. The first-order valence-electron chi connectivity index (χ1n) is 8.34. The van der Waals surface area contributed by atoms with Crippen molar-refractivity contribution in [1.29, 1.82) is 0 Å². The molecule has 0 aromatic carbocycles. The summed E-state index contributed by atoms with van der Waals surface area (Å²) in [6, 6.07) is 0. The zero-order valence-corrected chi connectivity index (χ0v) is 14.6. The monoisotopic (exact) mass is 352 g/mol. The van der Waals surface area contributed by atoms with E-state index >= 15 is 0 Å². The molecule has 0 radical (unpaired) electrons. The minimum atomic E-state index is -0.701. The van der Waals surface area contributed by atoms with Crippen LogP contribution in [0.5, 0.6) is 0 Å². The highest BCUT2D eigenvalue weighted by molar-refractivity contribution is 5.87. The summed E-state index contributed by atoms with van der Waals surface area (Å²) in [5.74, 6) is -2.80. The van der Waals surface area contributed by atoms with E-state index in [1.807, 2.05) is 13.0 Å². The average molecular weight is 352 g/mol. The van der Waals surface area contributed by atoms with Crippen molar-refractivity contribution in [3.63, 3.8) is 0 Å². The summed E-state index contributed by atoms with van der Waals surface area (Å²) < 4.78 is 20.3. The summed E-state index contributed by atoms with van der Waals surface area (Å²) in [5, 5.41) is 0. The topological polar surface area (TPSA) is 91.4 Å². The zero-order valence-electron chi connectivity index (χ0n) is 14.6. The lowest BCUT2D eigenvalue weighted by Gasteiger charge is -2.29. The summed E-state index contributed by atoms with van der Waals surface area (Å²) in [6.07, 6.45) is 4.22.